The molecule has 0 amide bonds. The van der Waals surface area contributed by atoms with Crippen molar-refractivity contribution in [3.63, 3.8) is 0 Å². The topological polar surface area (TPSA) is 58.4 Å². The molecule has 0 fully saturated rings. The lowest BCUT2D eigenvalue weighted by molar-refractivity contribution is 0.275. The van der Waals surface area contributed by atoms with Gasteiger partial charge in [-0.15, -0.1) is 0 Å². The zero-order valence-electron chi connectivity index (χ0n) is 9.89. The van der Waals surface area contributed by atoms with Crippen molar-refractivity contribution < 1.29 is 5.11 Å². The van der Waals surface area contributed by atoms with Gasteiger partial charge >= 0.3 is 0 Å². The summed E-state index contributed by atoms with van der Waals surface area (Å²) in [6.07, 6.45) is 2.25. The van der Waals surface area contributed by atoms with E-state index in [2.05, 4.69) is 10.00 Å². The van der Waals surface area contributed by atoms with E-state index in [9.17, 15) is 4.79 Å². The molecule has 1 aromatic heterocycles. The maximum Gasteiger partial charge on any atom is 0.268 e. The average molecular weight is 225 g/mol. The summed E-state index contributed by atoms with van der Waals surface area (Å²) in [5.41, 5.74) is 0.744. The summed E-state index contributed by atoms with van der Waals surface area (Å²) in [5, 5.41) is 12.8. The predicted octanol–water partition coefficient (Wildman–Crippen LogP) is 0.472. The Morgan fingerprint density at radius 1 is 1.44 bits per heavy atom. The van der Waals surface area contributed by atoms with Crippen LogP contribution in [-0.2, 0) is 6.54 Å². The largest absolute Gasteiger partial charge is 0.396 e. The summed E-state index contributed by atoms with van der Waals surface area (Å²) in [5.74, 6) is 0. The normalized spacial score (nSPS) is 10.4. The molecule has 1 heterocycles. The number of hydrogen-bond acceptors (Lipinski definition) is 4. The molecule has 1 N–H and O–H groups in total. The third-order valence-electron chi connectivity index (χ3n) is 2.51. The molecule has 0 saturated carbocycles. The summed E-state index contributed by atoms with van der Waals surface area (Å²) in [6.45, 7) is 6.35. The molecule has 0 unspecified atom stereocenters. The molecular formula is C11H19N3O2. The van der Waals surface area contributed by atoms with Crippen LogP contribution in [0.25, 0.3) is 0 Å². The number of anilines is 1. The van der Waals surface area contributed by atoms with Crippen molar-refractivity contribution in [3.05, 3.63) is 22.6 Å². The van der Waals surface area contributed by atoms with Crippen LogP contribution >= 0.6 is 0 Å². The highest BCUT2D eigenvalue weighted by atomic mass is 16.3. The van der Waals surface area contributed by atoms with Gasteiger partial charge in [0.05, 0.1) is 11.9 Å². The summed E-state index contributed by atoms with van der Waals surface area (Å²) < 4.78 is 1.38. The fraction of sp³-hybridized carbons (Fsp3) is 0.636. The Hall–Kier alpha value is -1.36. The molecule has 0 aliphatic carbocycles. The number of aliphatic hydroxyl groups excluding tert-OH is 1. The Morgan fingerprint density at radius 3 is 2.62 bits per heavy atom. The van der Waals surface area contributed by atoms with Gasteiger partial charge < -0.3 is 10.0 Å². The molecule has 0 aliphatic rings. The number of nitrogens with zero attached hydrogens (tertiary/aromatic N) is 3. The molecule has 0 bridgehead atoms. The highest BCUT2D eigenvalue weighted by molar-refractivity contribution is 5.42. The van der Waals surface area contributed by atoms with Gasteiger partial charge in [0.1, 0.15) is 0 Å². The van der Waals surface area contributed by atoms with Gasteiger partial charge in [-0.1, -0.05) is 0 Å². The van der Waals surface area contributed by atoms with Crippen LogP contribution in [0.3, 0.4) is 0 Å². The molecule has 5 nitrogen and oxygen atoms in total. The standard InChI is InChI=1S/C11H19N3O2/c1-3-13(4-2)10-8-11(16)14(12-9-10)6-5-7-15/h8-9,15H,3-7H2,1-2H3. The van der Waals surface area contributed by atoms with Crippen LogP contribution in [0.15, 0.2) is 17.1 Å². The lowest BCUT2D eigenvalue weighted by Crippen LogP contribution is -2.28. The van der Waals surface area contributed by atoms with E-state index in [-0.39, 0.29) is 12.2 Å². The Balaban J connectivity index is 2.86. The summed E-state index contributed by atoms with van der Waals surface area (Å²) >= 11 is 0. The van der Waals surface area contributed by atoms with Gasteiger partial charge in [-0.05, 0) is 20.3 Å². The molecule has 0 spiro atoms. The lowest BCUT2D eigenvalue weighted by atomic mass is 10.4. The van der Waals surface area contributed by atoms with Gasteiger partial charge in [-0.3, -0.25) is 4.79 Å². The zero-order valence-corrected chi connectivity index (χ0v) is 9.89. The summed E-state index contributed by atoms with van der Waals surface area (Å²) in [4.78, 5) is 13.7. The van der Waals surface area contributed by atoms with Crippen LogP contribution in [0.5, 0.6) is 0 Å². The fourth-order valence-electron chi connectivity index (χ4n) is 1.57. The fourth-order valence-corrected chi connectivity index (χ4v) is 1.57. The first kappa shape index (κ1) is 12.7. The van der Waals surface area contributed by atoms with Crippen LogP contribution in [-0.4, -0.2) is 34.6 Å². The first-order chi connectivity index (χ1) is 7.72. The van der Waals surface area contributed by atoms with Crippen LogP contribution in [0.2, 0.25) is 0 Å². The first-order valence-corrected chi connectivity index (χ1v) is 5.65. The van der Waals surface area contributed by atoms with Gasteiger partial charge in [0.25, 0.3) is 5.56 Å². The molecule has 1 aromatic rings. The minimum absolute atomic E-state index is 0.0753. The third-order valence-corrected chi connectivity index (χ3v) is 2.51. The van der Waals surface area contributed by atoms with Crippen molar-refractivity contribution >= 4 is 5.69 Å². The second-order valence-corrected chi connectivity index (χ2v) is 3.52. The van der Waals surface area contributed by atoms with Crippen molar-refractivity contribution in [2.24, 2.45) is 0 Å². The average Bonchev–Trinajstić information content (AvgIpc) is 2.29. The predicted molar refractivity (Wildman–Crippen MR) is 63.8 cm³/mol. The maximum atomic E-state index is 11.7. The van der Waals surface area contributed by atoms with Crippen molar-refractivity contribution in [2.75, 3.05) is 24.6 Å². The van der Waals surface area contributed by atoms with Gasteiger partial charge in [-0.25, -0.2) is 4.68 Å². The summed E-state index contributed by atoms with van der Waals surface area (Å²) in [6, 6.07) is 1.59. The van der Waals surface area contributed by atoms with E-state index < -0.39 is 0 Å². The maximum absolute atomic E-state index is 11.7. The minimum Gasteiger partial charge on any atom is -0.396 e. The number of aromatic nitrogens is 2. The molecule has 5 heteroatoms. The minimum atomic E-state index is -0.113. The smallest absolute Gasteiger partial charge is 0.268 e. The number of aliphatic hydroxyl groups is 1. The Kier molecular flexibility index (Phi) is 4.98. The molecule has 0 aromatic carbocycles. The first-order valence-electron chi connectivity index (χ1n) is 5.65. The Morgan fingerprint density at radius 2 is 2.12 bits per heavy atom. The number of aryl methyl sites for hydroxylation is 1. The van der Waals surface area contributed by atoms with E-state index in [1.54, 1.807) is 12.3 Å². The van der Waals surface area contributed by atoms with Crippen molar-refractivity contribution in [2.45, 2.75) is 26.8 Å². The number of hydrogen-bond donors (Lipinski definition) is 1. The Bertz CT molecular complexity index is 372. The molecule has 0 atom stereocenters. The summed E-state index contributed by atoms with van der Waals surface area (Å²) in [7, 11) is 0. The SMILES string of the molecule is CCN(CC)c1cnn(CCCO)c(=O)c1. The van der Waals surface area contributed by atoms with Gasteiger partial charge in [0.15, 0.2) is 0 Å². The molecule has 16 heavy (non-hydrogen) atoms. The zero-order chi connectivity index (χ0) is 12.0. The van der Waals surface area contributed by atoms with E-state index in [1.807, 2.05) is 13.8 Å². The van der Waals surface area contributed by atoms with E-state index in [1.165, 1.54) is 4.68 Å². The quantitative estimate of drug-likeness (QED) is 0.764. The van der Waals surface area contributed by atoms with E-state index in [0.29, 0.717) is 13.0 Å². The highest BCUT2D eigenvalue weighted by Gasteiger charge is 2.04. The Labute approximate surface area is 95.3 Å². The third kappa shape index (κ3) is 3.06. The van der Waals surface area contributed by atoms with Crippen LogP contribution in [0.1, 0.15) is 20.3 Å². The van der Waals surface area contributed by atoms with E-state index in [4.69, 9.17) is 5.11 Å². The molecular weight excluding hydrogens is 206 g/mol. The van der Waals surface area contributed by atoms with Crippen molar-refractivity contribution in [3.8, 4) is 0 Å². The second-order valence-electron chi connectivity index (χ2n) is 3.52. The molecule has 0 radical (unpaired) electrons. The molecule has 0 aliphatic heterocycles. The van der Waals surface area contributed by atoms with Gasteiger partial charge in [0.2, 0.25) is 0 Å². The second kappa shape index (κ2) is 6.27. The van der Waals surface area contributed by atoms with Gasteiger partial charge in [-0.2, -0.15) is 5.10 Å². The van der Waals surface area contributed by atoms with Crippen molar-refractivity contribution in [1.29, 1.82) is 0 Å². The lowest BCUT2D eigenvalue weighted by Gasteiger charge is -2.20. The monoisotopic (exact) mass is 225 g/mol. The van der Waals surface area contributed by atoms with Crippen molar-refractivity contribution in [1.82, 2.24) is 9.78 Å². The molecule has 1 rings (SSSR count). The van der Waals surface area contributed by atoms with E-state index in [0.717, 1.165) is 18.8 Å². The van der Waals surface area contributed by atoms with Crippen LogP contribution < -0.4 is 10.5 Å². The number of rotatable bonds is 6. The van der Waals surface area contributed by atoms with E-state index >= 15 is 0 Å². The van der Waals surface area contributed by atoms with Gasteiger partial charge in [0, 0.05) is 32.3 Å². The van der Waals surface area contributed by atoms with Crippen LogP contribution in [0.4, 0.5) is 5.69 Å². The van der Waals surface area contributed by atoms with Crippen LogP contribution in [0, 0.1) is 0 Å². The molecule has 0 saturated heterocycles. The molecule has 90 valence electrons. The highest BCUT2D eigenvalue weighted by Crippen LogP contribution is 2.08.